The van der Waals surface area contributed by atoms with Crippen LogP contribution in [0.15, 0.2) is 31.7 Å². The summed E-state index contributed by atoms with van der Waals surface area (Å²) in [4.78, 5) is 4.24. The number of hydrogen-bond acceptors (Lipinski definition) is 2. The zero-order chi connectivity index (χ0) is 9.84. The van der Waals surface area contributed by atoms with E-state index in [2.05, 4.69) is 23.2 Å². The average Bonchev–Trinajstić information content (AvgIpc) is 2.51. The summed E-state index contributed by atoms with van der Waals surface area (Å²) in [6.45, 7) is 10.0. The number of nitrogens with zero attached hydrogens (tertiary/aromatic N) is 3. The van der Waals surface area contributed by atoms with Crippen LogP contribution >= 0.6 is 0 Å². The molecule has 0 atom stereocenters. The second-order valence-electron chi connectivity index (χ2n) is 2.73. The van der Waals surface area contributed by atoms with E-state index in [0.29, 0.717) is 0 Å². The molecule has 2 aromatic heterocycles. The van der Waals surface area contributed by atoms with Gasteiger partial charge in [-0.25, -0.2) is 9.50 Å². The van der Waals surface area contributed by atoms with Crippen LogP contribution in [0.2, 0.25) is 0 Å². The molecular formula is C10H13N3. The van der Waals surface area contributed by atoms with Crippen molar-refractivity contribution in [3.8, 4) is 0 Å². The van der Waals surface area contributed by atoms with E-state index in [-0.39, 0.29) is 0 Å². The molecular weight excluding hydrogens is 162 g/mol. The fraction of sp³-hybridized carbons (Fsp3) is 0.200. The van der Waals surface area contributed by atoms with Crippen molar-refractivity contribution >= 4 is 5.65 Å². The van der Waals surface area contributed by atoms with Crippen LogP contribution in [0.5, 0.6) is 0 Å². The molecule has 0 aliphatic rings. The predicted molar refractivity (Wildman–Crippen MR) is 53.7 cm³/mol. The average molecular weight is 175 g/mol. The molecule has 0 bridgehead atoms. The molecule has 0 aromatic carbocycles. The Bertz CT molecular complexity index is 403. The van der Waals surface area contributed by atoms with Crippen LogP contribution < -0.4 is 0 Å². The number of rotatable bonds is 0. The predicted octanol–water partition coefficient (Wildman–Crippen LogP) is 2.15. The fourth-order valence-corrected chi connectivity index (χ4v) is 1.09. The third-order valence-corrected chi connectivity index (χ3v) is 1.66. The molecule has 0 saturated heterocycles. The molecule has 0 fully saturated rings. The van der Waals surface area contributed by atoms with E-state index < -0.39 is 0 Å². The van der Waals surface area contributed by atoms with Gasteiger partial charge in [-0.3, -0.25) is 0 Å². The molecule has 3 heteroatoms. The molecule has 0 amide bonds. The van der Waals surface area contributed by atoms with Gasteiger partial charge in [-0.2, -0.15) is 5.10 Å². The first-order valence-electron chi connectivity index (χ1n) is 4.04. The second kappa shape index (κ2) is 3.85. The van der Waals surface area contributed by atoms with Gasteiger partial charge in [0.15, 0.2) is 5.65 Å². The lowest BCUT2D eigenvalue weighted by molar-refractivity contribution is 0.928. The first-order valence-corrected chi connectivity index (χ1v) is 4.04. The molecule has 0 radical (unpaired) electrons. The summed E-state index contributed by atoms with van der Waals surface area (Å²) < 4.78 is 1.80. The van der Waals surface area contributed by atoms with E-state index in [9.17, 15) is 0 Å². The van der Waals surface area contributed by atoms with E-state index in [1.807, 2.05) is 32.4 Å². The van der Waals surface area contributed by atoms with Gasteiger partial charge in [0.1, 0.15) is 0 Å². The second-order valence-corrected chi connectivity index (χ2v) is 2.73. The first-order chi connectivity index (χ1) is 6.27. The minimum Gasteiger partial charge on any atom is -0.236 e. The minimum atomic E-state index is 0.940. The van der Waals surface area contributed by atoms with Gasteiger partial charge in [0.2, 0.25) is 0 Å². The number of hydrogen-bond donors (Lipinski definition) is 0. The van der Waals surface area contributed by atoms with Crippen LogP contribution in [0.4, 0.5) is 0 Å². The molecule has 0 aliphatic heterocycles. The Morgan fingerprint density at radius 3 is 2.62 bits per heavy atom. The summed E-state index contributed by atoms with van der Waals surface area (Å²) >= 11 is 0. The van der Waals surface area contributed by atoms with Gasteiger partial charge in [-0.15, -0.1) is 13.2 Å². The topological polar surface area (TPSA) is 30.2 Å². The summed E-state index contributed by atoms with van der Waals surface area (Å²) in [6.07, 6.45) is 5.64. The van der Waals surface area contributed by atoms with Crippen LogP contribution in [0, 0.1) is 13.8 Å². The summed E-state index contributed by atoms with van der Waals surface area (Å²) in [5, 5.41) is 4.13. The quantitative estimate of drug-likeness (QED) is 0.574. The highest BCUT2D eigenvalue weighted by molar-refractivity contribution is 5.44. The summed E-state index contributed by atoms with van der Waals surface area (Å²) in [5.41, 5.74) is 3.18. The molecule has 0 saturated carbocycles. The van der Waals surface area contributed by atoms with Gasteiger partial charge < -0.3 is 0 Å². The van der Waals surface area contributed by atoms with Crippen molar-refractivity contribution in [3.63, 3.8) is 0 Å². The van der Waals surface area contributed by atoms with Gasteiger partial charge >= 0.3 is 0 Å². The Hall–Kier alpha value is -1.64. The van der Waals surface area contributed by atoms with E-state index in [4.69, 9.17) is 0 Å². The lowest BCUT2D eigenvalue weighted by Gasteiger charge is -1.93. The number of fused-ring (bicyclic) bond motifs is 1. The highest BCUT2D eigenvalue weighted by Crippen LogP contribution is 2.05. The molecule has 0 spiro atoms. The lowest BCUT2D eigenvalue weighted by Crippen LogP contribution is -1.90. The first kappa shape index (κ1) is 9.45. The molecule has 0 unspecified atom stereocenters. The van der Waals surface area contributed by atoms with Gasteiger partial charge in [0.05, 0.1) is 6.20 Å². The summed E-state index contributed by atoms with van der Waals surface area (Å²) in [5.74, 6) is 0. The largest absolute Gasteiger partial charge is 0.236 e. The zero-order valence-electron chi connectivity index (χ0n) is 7.99. The maximum atomic E-state index is 4.24. The molecule has 0 N–H and O–H groups in total. The maximum Gasteiger partial charge on any atom is 0.157 e. The zero-order valence-corrected chi connectivity index (χ0v) is 7.99. The van der Waals surface area contributed by atoms with Crippen LogP contribution in [0.3, 0.4) is 0 Å². The minimum absolute atomic E-state index is 0.940. The monoisotopic (exact) mass is 175 g/mol. The van der Waals surface area contributed by atoms with Gasteiger partial charge in [0, 0.05) is 18.0 Å². The van der Waals surface area contributed by atoms with Crippen LogP contribution in [0.25, 0.3) is 5.65 Å². The van der Waals surface area contributed by atoms with Crippen molar-refractivity contribution < 1.29 is 0 Å². The smallest absolute Gasteiger partial charge is 0.157 e. The Morgan fingerprint density at radius 1 is 1.23 bits per heavy atom. The Morgan fingerprint density at radius 2 is 1.92 bits per heavy atom. The van der Waals surface area contributed by atoms with Gasteiger partial charge in [-0.05, 0) is 19.4 Å². The third kappa shape index (κ3) is 1.75. The van der Waals surface area contributed by atoms with Crippen molar-refractivity contribution in [2.75, 3.05) is 0 Å². The van der Waals surface area contributed by atoms with Crippen LogP contribution in [0.1, 0.15) is 11.1 Å². The van der Waals surface area contributed by atoms with Crippen molar-refractivity contribution in [1.29, 1.82) is 0 Å². The van der Waals surface area contributed by atoms with Crippen LogP contribution in [-0.4, -0.2) is 14.6 Å². The SMILES string of the molecule is C=C.Cc1cnc2c(C)cnn2c1. The maximum absolute atomic E-state index is 4.24. The van der Waals surface area contributed by atoms with E-state index in [1.165, 1.54) is 0 Å². The Kier molecular flexibility index (Phi) is 2.80. The van der Waals surface area contributed by atoms with Crippen molar-refractivity contribution in [2.45, 2.75) is 13.8 Å². The summed E-state index contributed by atoms with van der Waals surface area (Å²) in [7, 11) is 0. The third-order valence-electron chi connectivity index (χ3n) is 1.66. The molecule has 3 nitrogen and oxygen atoms in total. The van der Waals surface area contributed by atoms with Crippen molar-refractivity contribution in [1.82, 2.24) is 14.6 Å². The van der Waals surface area contributed by atoms with E-state index in [0.717, 1.165) is 16.8 Å². The highest BCUT2D eigenvalue weighted by Gasteiger charge is 1.98. The molecule has 2 rings (SSSR count). The Balaban J connectivity index is 0.000000396. The van der Waals surface area contributed by atoms with Crippen molar-refractivity contribution in [2.24, 2.45) is 0 Å². The standard InChI is InChI=1S/C8H9N3.C2H4/c1-6-3-9-8-7(2)4-10-11(8)5-6;1-2/h3-5H,1-2H3;1-2H2. The van der Waals surface area contributed by atoms with E-state index >= 15 is 0 Å². The highest BCUT2D eigenvalue weighted by atomic mass is 15.2. The molecule has 13 heavy (non-hydrogen) atoms. The fourth-order valence-electron chi connectivity index (χ4n) is 1.09. The van der Waals surface area contributed by atoms with Gasteiger partial charge in [0.25, 0.3) is 0 Å². The van der Waals surface area contributed by atoms with Crippen LogP contribution in [-0.2, 0) is 0 Å². The Labute approximate surface area is 77.7 Å². The number of aryl methyl sites for hydroxylation is 2. The summed E-state index contributed by atoms with van der Waals surface area (Å²) in [6, 6.07) is 0. The van der Waals surface area contributed by atoms with Gasteiger partial charge in [-0.1, -0.05) is 0 Å². The van der Waals surface area contributed by atoms with E-state index in [1.54, 1.807) is 4.52 Å². The normalized spacial score (nSPS) is 9.38. The molecule has 0 aliphatic carbocycles. The molecule has 2 aromatic rings. The van der Waals surface area contributed by atoms with Crippen molar-refractivity contribution in [3.05, 3.63) is 42.9 Å². The molecule has 68 valence electrons. The molecule has 2 heterocycles. The number of aromatic nitrogens is 3. The lowest BCUT2D eigenvalue weighted by atomic mass is 10.3.